The normalized spacial score (nSPS) is 15.0. The van der Waals surface area contributed by atoms with E-state index in [9.17, 15) is 4.79 Å². The Morgan fingerprint density at radius 2 is 1.84 bits per heavy atom. The molecule has 0 atom stereocenters. The lowest BCUT2D eigenvalue weighted by Crippen LogP contribution is -2.39. The van der Waals surface area contributed by atoms with E-state index >= 15 is 0 Å². The molecule has 0 bridgehead atoms. The number of amides is 1. The van der Waals surface area contributed by atoms with Gasteiger partial charge in [0, 0.05) is 42.6 Å². The van der Waals surface area contributed by atoms with Crippen molar-refractivity contribution < 1.29 is 9.90 Å². The summed E-state index contributed by atoms with van der Waals surface area (Å²) in [6.45, 7) is 2.27. The predicted molar refractivity (Wildman–Crippen MR) is 101 cm³/mol. The Balaban J connectivity index is 1.54. The lowest BCUT2D eigenvalue weighted by Gasteiger charge is -2.34. The SMILES string of the molecule is O=C(NCCO)c1cccc(NC2CCN(c3ccccc3)CC2)c1. The second kappa shape index (κ2) is 8.53. The van der Waals surface area contributed by atoms with Crippen LogP contribution in [0, 0.1) is 0 Å². The van der Waals surface area contributed by atoms with Gasteiger partial charge in [0.1, 0.15) is 0 Å². The lowest BCUT2D eigenvalue weighted by molar-refractivity contribution is 0.0945. The van der Waals surface area contributed by atoms with E-state index in [1.54, 1.807) is 6.07 Å². The number of carbonyl (C=O) groups excluding carboxylic acids is 1. The molecule has 1 saturated heterocycles. The third-order valence-corrected chi connectivity index (χ3v) is 4.51. The summed E-state index contributed by atoms with van der Waals surface area (Å²) in [6.07, 6.45) is 2.13. The number of carbonyl (C=O) groups is 1. The van der Waals surface area contributed by atoms with Gasteiger partial charge >= 0.3 is 0 Å². The molecule has 1 aliphatic heterocycles. The highest BCUT2D eigenvalue weighted by molar-refractivity contribution is 5.95. The van der Waals surface area contributed by atoms with Crippen molar-refractivity contribution in [1.29, 1.82) is 0 Å². The number of hydrogen-bond donors (Lipinski definition) is 3. The monoisotopic (exact) mass is 339 g/mol. The van der Waals surface area contributed by atoms with Gasteiger partial charge in [-0.05, 0) is 43.2 Å². The molecule has 0 unspecified atom stereocenters. The number of rotatable bonds is 6. The predicted octanol–water partition coefficient (Wildman–Crippen LogP) is 2.49. The molecular weight excluding hydrogens is 314 g/mol. The van der Waals surface area contributed by atoms with Crippen LogP contribution in [0.15, 0.2) is 54.6 Å². The summed E-state index contributed by atoms with van der Waals surface area (Å²) in [7, 11) is 0. The molecule has 1 amide bonds. The largest absolute Gasteiger partial charge is 0.395 e. The minimum atomic E-state index is -0.156. The molecule has 5 heteroatoms. The molecular formula is C20H25N3O2. The van der Waals surface area contributed by atoms with E-state index in [0.29, 0.717) is 11.6 Å². The molecule has 3 rings (SSSR count). The van der Waals surface area contributed by atoms with Crippen LogP contribution < -0.4 is 15.5 Å². The van der Waals surface area contributed by atoms with Crippen molar-refractivity contribution in [3.05, 3.63) is 60.2 Å². The number of aliphatic hydroxyl groups excluding tert-OH is 1. The van der Waals surface area contributed by atoms with Gasteiger partial charge in [-0.3, -0.25) is 4.79 Å². The van der Waals surface area contributed by atoms with Gasteiger partial charge in [-0.2, -0.15) is 0 Å². The Morgan fingerprint density at radius 1 is 1.08 bits per heavy atom. The molecule has 1 fully saturated rings. The molecule has 2 aromatic rings. The van der Waals surface area contributed by atoms with Gasteiger partial charge in [0.05, 0.1) is 6.61 Å². The van der Waals surface area contributed by atoms with Crippen molar-refractivity contribution in [3.63, 3.8) is 0 Å². The van der Waals surface area contributed by atoms with Gasteiger partial charge in [0.2, 0.25) is 0 Å². The molecule has 132 valence electrons. The summed E-state index contributed by atoms with van der Waals surface area (Å²) in [6, 6.07) is 18.5. The fourth-order valence-electron chi connectivity index (χ4n) is 3.18. The van der Waals surface area contributed by atoms with Crippen molar-refractivity contribution in [3.8, 4) is 0 Å². The van der Waals surface area contributed by atoms with Crippen LogP contribution >= 0.6 is 0 Å². The molecule has 1 heterocycles. The number of aliphatic hydroxyl groups is 1. The highest BCUT2D eigenvalue weighted by Gasteiger charge is 2.19. The zero-order valence-electron chi connectivity index (χ0n) is 14.3. The van der Waals surface area contributed by atoms with E-state index in [2.05, 4.69) is 39.8 Å². The quantitative estimate of drug-likeness (QED) is 0.757. The molecule has 0 aromatic heterocycles. The fraction of sp³-hybridized carbons (Fsp3) is 0.350. The first-order chi connectivity index (χ1) is 12.3. The van der Waals surface area contributed by atoms with E-state index in [1.807, 2.05) is 24.3 Å². The number of benzene rings is 2. The molecule has 3 N–H and O–H groups in total. The second-order valence-corrected chi connectivity index (χ2v) is 6.30. The van der Waals surface area contributed by atoms with Crippen molar-refractivity contribution in [2.24, 2.45) is 0 Å². The summed E-state index contributed by atoms with van der Waals surface area (Å²) in [5.74, 6) is -0.156. The van der Waals surface area contributed by atoms with Crippen LogP contribution in [0.3, 0.4) is 0 Å². The Morgan fingerprint density at radius 3 is 2.56 bits per heavy atom. The molecule has 1 aliphatic rings. The molecule has 2 aromatic carbocycles. The molecule has 0 radical (unpaired) electrons. The van der Waals surface area contributed by atoms with E-state index in [1.165, 1.54) is 5.69 Å². The average Bonchev–Trinajstić information content (AvgIpc) is 2.67. The van der Waals surface area contributed by atoms with Gasteiger partial charge in [-0.25, -0.2) is 0 Å². The molecule has 0 aliphatic carbocycles. The first-order valence-corrected chi connectivity index (χ1v) is 8.82. The molecule has 0 saturated carbocycles. The van der Waals surface area contributed by atoms with Crippen LogP contribution in [0.4, 0.5) is 11.4 Å². The highest BCUT2D eigenvalue weighted by atomic mass is 16.3. The molecule has 5 nitrogen and oxygen atoms in total. The first-order valence-electron chi connectivity index (χ1n) is 8.82. The number of piperidine rings is 1. The smallest absolute Gasteiger partial charge is 0.251 e. The van der Waals surface area contributed by atoms with Gasteiger partial charge in [0.15, 0.2) is 0 Å². The van der Waals surface area contributed by atoms with Crippen molar-refractivity contribution in [2.45, 2.75) is 18.9 Å². The maximum absolute atomic E-state index is 12.0. The fourth-order valence-corrected chi connectivity index (χ4v) is 3.18. The summed E-state index contributed by atoms with van der Waals surface area (Å²) in [4.78, 5) is 14.4. The zero-order chi connectivity index (χ0) is 17.5. The van der Waals surface area contributed by atoms with Crippen molar-refractivity contribution >= 4 is 17.3 Å². The van der Waals surface area contributed by atoms with Gasteiger partial charge < -0.3 is 20.6 Å². The number of nitrogens with one attached hydrogen (secondary N) is 2. The number of anilines is 2. The maximum atomic E-state index is 12.0. The standard InChI is InChI=1S/C20H25N3O2/c24-14-11-21-20(25)16-5-4-6-18(15-16)22-17-9-12-23(13-10-17)19-7-2-1-3-8-19/h1-8,15,17,22,24H,9-14H2,(H,21,25). The van der Waals surface area contributed by atoms with Gasteiger partial charge in [0.25, 0.3) is 5.91 Å². The van der Waals surface area contributed by atoms with E-state index in [-0.39, 0.29) is 19.1 Å². The van der Waals surface area contributed by atoms with Gasteiger partial charge in [-0.15, -0.1) is 0 Å². The lowest BCUT2D eigenvalue weighted by atomic mass is 10.0. The summed E-state index contributed by atoms with van der Waals surface area (Å²) < 4.78 is 0. The molecule has 0 spiro atoms. The zero-order valence-corrected chi connectivity index (χ0v) is 14.3. The average molecular weight is 339 g/mol. The van der Waals surface area contributed by atoms with Crippen LogP contribution in [0.5, 0.6) is 0 Å². The molecule has 25 heavy (non-hydrogen) atoms. The Bertz CT molecular complexity index is 682. The van der Waals surface area contributed by atoms with E-state index in [0.717, 1.165) is 31.6 Å². The topological polar surface area (TPSA) is 64.6 Å². The maximum Gasteiger partial charge on any atom is 0.251 e. The van der Waals surface area contributed by atoms with Crippen LogP contribution in [-0.2, 0) is 0 Å². The minimum absolute atomic E-state index is 0.0519. The van der Waals surface area contributed by atoms with Gasteiger partial charge in [-0.1, -0.05) is 24.3 Å². The van der Waals surface area contributed by atoms with Crippen molar-refractivity contribution in [1.82, 2.24) is 5.32 Å². The second-order valence-electron chi connectivity index (χ2n) is 6.30. The number of nitrogens with zero attached hydrogens (tertiary/aromatic N) is 1. The van der Waals surface area contributed by atoms with Crippen LogP contribution in [0.1, 0.15) is 23.2 Å². The third-order valence-electron chi connectivity index (χ3n) is 4.51. The highest BCUT2D eigenvalue weighted by Crippen LogP contribution is 2.22. The van der Waals surface area contributed by atoms with Crippen LogP contribution in [0.25, 0.3) is 0 Å². The Hall–Kier alpha value is -2.53. The van der Waals surface area contributed by atoms with Crippen LogP contribution in [-0.4, -0.2) is 43.3 Å². The van der Waals surface area contributed by atoms with E-state index in [4.69, 9.17) is 5.11 Å². The summed E-state index contributed by atoms with van der Waals surface area (Å²) in [5, 5.41) is 15.0. The van der Waals surface area contributed by atoms with E-state index < -0.39 is 0 Å². The van der Waals surface area contributed by atoms with Crippen molar-refractivity contribution in [2.75, 3.05) is 36.5 Å². The van der Waals surface area contributed by atoms with Crippen LogP contribution in [0.2, 0.25) is 0 Å². The number of hydrogen-bond acceptors (Lipinski definition) is 4. The Labute approximate surface area is 148 Å². The number of para-hydroxylation sites is 1. The minimum Gasteiger partial charge on any atom is -0.395 e. The first kappa shape index (κ1) is 17.3. The summed E-state index contributed by atoms with van der Waals surface area (Å²) >= 11 is 0. The third kappa shape index (κ3) is 4.73. The summed E-state index contributed by atoms with van der Waals surface area (Å²) in [5.41, 5.74) is 2.86. The Kier molecular flexibility index (Phi) is 5.90.